The number of carbonyl (C=O) groups excluding carboxylic acids is 1. The number of piperidine rings is 1. The molecule has 0 spiro atoms. The minimum atomic E-state index is -0.449. The highest BCUT2D eigenvalue weighted by Crippen LogP contribution is 2.29. The zero-order chi connectivity index (χ0) is 17.1. The first kappa shape index (κ1) is 17.2. The van der Waals surface area contributed by atoms with Gasteiger partial charge in [-0.05, 0) is 37.6 Å². The number of nitro benzene ring substituents is 1. The standard InChI is InChI=1S/C17H23N3O3S/c1-2-24-16-7-6-12(20(22)23)11-13(16)17(21)18-14-8-10-19-9-4-3-5-15(14)19/h6-7,11,14-15H,2-5,8-10H2,1H3,(H,18,21)/t14-,15-/m1/s1. The molecule has 0 saturated carbocycles. The van der Waals surface area contributed by atoms with Crippen LogP contribution in [0.15, 0.2) is 23.1 Å². The third-order valence-corrected chi connectivity index (χ3v) is 5.85. The maximum Gasteiger partial charge on any atom is 0.270 e. The minimum Gasteiger partial charge on any atom is -0.348 e. The third kappa shape index (κ3) is 3.57. The van der Waals surface area contributed by atoms with Gasteiger partial charge in [0.25, 0.3) is 11.6 Å². The molecule has 6 nitrogen and oxygen atoms in total. The molecule has 2 saturated heterocycles. The molecule has 0 bridgehead atoms. The molecule has 2 aliphatic heterocycles. The van der Waals surface area contributed by atoms with Crippen molar-refractivity contribution in [3.8, 4) is 0 Å². The van der Waals surface area contributed by atoms with Gasteiger partial charge in [-0.15, -0.1) is 11.8 Å². The van der Waals surface area contributed by atoms with Gasteiger partial charge >= 0.3 is 0 Å². The molecule has 2 atom stereocenters. The maximum atomic E-state index is 12.8. The molecule has 7 heteroatoms. The summed E-state index contributed by atoms with van der Waals surface area (Å²) in [6.07, 6.45) is 4.53. The van der Waals surface area contributed by atoms with Crippen molar-refractivity contribution in [3.05, 3.63) is 33.9 Å². The molecule has 0 unspecified atom stereocenters. The molecule has 1 amide bonds. The van der Waals surface area contributed by atoms with Crippen LogP contribution in [0, 0.1) is 10.1 Å². The van der Waals surface area contributed by atoms with E-state index < -0.39 is 4.92 Å². The Morgan fingerprint density at radius 3 is 2.96 bits per heavy atom. The lowest BCUT2D eigenvalue weighted by Gasteiger charge is -2.32. The average molecular weight is 349 g/mol. The Hall–Kier alpha value is -1.60. The second-order valence-corrected chi connectivity index (χ2v) is 7.64. The topological polar surface area (TPSA) is 75.5 Å². The highest BCUT2D eigenvalue weighted by atomic mass is 32.2. The van der Waals surface area contributed by atoms with E-state index in [-0.39, 0.29) is 17.6 Å². The number of amides is 1. The number of nitro groups is 1. The molecule has 3 rings (SSSR count). The number of thioether (sulfide) groups is 1. The number of non-ortho nitro benzene ring substituents is 1. The van der Waals surface area contributed by atoms with Gasteiger partial charge in [-0.3, -0.25) is 19.8 Å². The lowest BCUT2D eigenvalue weighted by atomic mass is 9.99. The summed E-state index contributed by atoms with van der Waals surface area (Å²) >= 11 is 1.54. The molecule has 2 heterocycles. The maximum absolute atomic E-state index is 12.8. The Morgan fingerprint density at radius 2 is 2.21 bits per heavy atom. The summed E-state index contributed by atoms with van der Waals surface area (Å²) in [5.74, 6) is 0.629. The zero-order valence-electron chi connectivity index (χ0n) is 13.9. The Balaban J connectivity index is 1.78. The second-order valence-electron chi connectivity index (χ2n) is 6.34. The monoisotopic (exact) mass is 349 g/mol. The van der Waals surface area contributed by atoms with E-state index in [9.17, 15) is 14.9 Å². The van der Waals surface area contributed by atoms with E-state index in [0.29, 0.717) is 11.6 Å². The number of rotatable bonds is 5. The molecule has 0 radical (unpaired) electrons. The number of hydrogen-bond acceptors (Lipinski definition) is 5. The molecule has 2 fully saturated rings. The normalized spacial score (nSPS) is 23.7. The summed E-state index contributed by atoms with van der Waals surface area (Å²) in [5.41, 5.74) is 0.386. The van der Waals surface area contributed by atoms with Crippen LogP contribution in [0.1, 0.15) is 43.0 Å². The second kappa shape index (κ2) is 7.53. The Labute approximate surface area is 146 Å². The molecule has 1 aromatic rings. The first-order chi connectivity index (χ1) is 11.6. The van der Waals surface area contributed by atoms with Crippen LogP contribution in [-0.4, -0.2) is 46.7 Å². The van der Waals surface area contributed by atoms with Crippen molar-refractivity contribution >= 4 is 23.4 Å². The predicted octanol–water partition coefficient (Wildman–Crippen LogP) is 3.06. The predicted molar refractivity (Wildman–Crippen MR) is 94.6 cm³/mol. The summed E-state index contributed by atoms with van der Waals surface area (Å²) in [6.45, 7) is 4.15. The zero-order valence-corrected chi connectivity index (χ0v) is 14.7. The highest BCUT2D eigenvalue weighted by Gasteiger charge is 2.36. The summed E-state index contributed by atoms with van der Waals surface area (Å²) < 4.78 is 0. The van der Waals surface area contributed by atoms with E-state index in [1.165, 1.54) is 36.7 Å². The summed E-state index contributed by atoms with van der Waals surface area (Å²) in [6, 6.07) is 5.12. The van der Waals surface area contributed by atoms with Gasteiger partial charge in [0.1, 0.15) is 0 Å². The molecular weight excluding hydrogens is 326 g/mol. The van der Waals surface area contributed by atoms with Gasteiger partial charge in [0, 0.05) is 35.7 Å². The summed E-state index contributed by atoms with van der Waals surface area (Å²) in [5, 5.41) is 14.2. The van der Waals surface area contributed by atoms with Crippen molar-refractivity contribution in [2.45, 2.75) is 49.6 Å². The fourth-order valence-corrected chi connectivity index (χ4v) is 4.53. The molecule has 130 valence electrons. The van der Waals surface area contributed by atoms with Crippen molar-refractivity contribution < 1.29 is 9.72 Å². The Bertz CT molecular complexity index is 638. The van der Waals surface area contributed by atoms with Gasteiger partial charge in [-0.2, -0.15) is 0 Å². The smallest absolute Gasteiger partial charge is 0.270 e. The molecule has 0 aliphatic carbocycles. The summed E-state index contributed by atoms with van der Waals surface area (Å²) in [4.78, 5) is 26.6. The van der Waals surface area contributed by atoms with E-state index in [4.69, 9.17) is 0 Å². The van der Waals surface area contributed by atoms with Crippen molar-refractivity contribution in [3.63, 3.8) is 0 Å². The molecule has 1 aromatic carbocycles. The number of nitrogens with one attached hydrogen (secondary N) is 1. The van der Waals surface area contributed by atoms with Gasteiger partial charge in [0.05, 0.1) is 10.5 Å². The molecule has 2 aliphatic rings. The van der Waals surface area contributed by atoms with Crippen LogP contribution in [0.4, 0.5) is 5.69 Å². The summed E-state index contributed by atoms with van der Waals surface area (Å²) in [7, 11) is 0. The van der Waals surface area contributed by atoms with Crippen LogP contribution in [-0.2, 0) is 0 Å². The lowest BCUT2D eigenvalue weighted by Crippen LogP contribution is -2.46. The molecule has 24 heavy (non-hydrogen) atoms. The first-order valence-corrected chi connectivity index (χ1v) is 9.55. The van der Waals surface area contributed by atoms with Crippen LogP contribution < -0.4 is 5.32 Å². The van der Waals surface area contributed by atoms with Crippen LogP contribution in [0.3, 0.4) is 0 Å². The molecular formula is C17H23N3O3S. The van der Waals surface area contributed by atoms with Crippen LogP contribution >= 0.6 is 11.8 Å². The van der Waals surface area contributed by atoms with Gasteiger partial charge < -0.3 is 5.32 Å². The SMILES string of the molecule is CCSc1ccc([N+](=O)[O-])cc1C(=O)N[C@@H]1CCN2CCCC[C@H]12. The highest BCUT2D eigenvalue weighted by molar-refractivity contribution is 7.99. The van der Waals surface area contributed by atoms with Crippen LogP contribution in [0.5, 0.6) is 0 Å². The number of fused-ring (bicyclic) bond motifs is 1. The van der Waals surface area contributed by atoms with Crippen molar-refractivity contribution in [1.82, 2.24) is 10.2 Å². The van der Waals surface area contributed by atoms with Crippen molar-refractivity contribution in [1.29, 1.82) is 0 Å². The van der Waals surface area contributed by atoms with E-state index in [2.05, 4.69) is 10.2 Å². The van der Waals surface area contributed by atoms with E-state index in [1.54, 1.807) is 6.07 Å². The minimum absolute atomic E-state index is 0.0358. The van der Waals surface area contributed by atoms with Crippen LogP contribution in [0.25, 0.3) is 0 Å². The van der Waals surface area contributed by atoms with E-state index in [1.807, 2.05) is 6.92 Å². The van der Waals surface area contributed by atoms with Crippen LogP contribution in [0.2, 0.25) is 0 Å². The van der Waals surface area contributed by atoms with Gasteiger partial charge in [0.2, 0.25) is 0 Å². The fraction of sp³-hybridized carbons (Fsp3) is 0.588. The first-order valence-electron chi connectivity index (χ1n) is 8.56. The van der Waals surface area contributed by atoms with Crippen molar-refractivity contribution in [2.75, 3.05) is 18.8 Å². The third-order valence-electron chi connectivity index (χ3n) is 4.89. The number of benzene rings is 1. The number of nitrogens with zero attached hydrogens (tertiary/aromatic N) is 2. The van der Waals surface area contributed by atoms with Gasteiger partial charge in [-0.25, -0.2) is 0 Å². The van der Waals surface area contributed by atoms with Gasteiger partial charge in [-0.1, -0.05) is 13.3 Å². The quantitative estimate of drug-likeness (QED) is 0.502. The lowest BCUT2D eigenvalue weighted by molar-refractivity contribution is -0.384. The van der Waals surface area contributed by atoms with Gasteiger partial charge in [0.15, 0.2) is 0 Å². The number of carbonyl (C=O) groups is 1. The largest absolute Gasteiger partial charge is 0.348 e. The fourth-order valence-electron chi connectivity index (χ4n) is 3.75. The Morgan fingerprint density at radius 1 is 1.38 bits per heavy atom. The van der Waals surface area contributed by atoms with E-state index >= 15 is 0 Å². The molecule has 1 N–H and O–H groups in total. The number of hydrogen-bond donors (Lipinski definition) is 1. The molecule has 0 aromatic heterocycles. The van der Waals surface area contributed by atoms with Crippen molar-refractivity contribution in [2.24, 2.45) is 0 Å². The van der Waals surface area contributed by atoms with E-state index in [0.717, 1.165) is 36.6 Å². The Kier molecular flexibility index (Phi) is 5.40. The average Bonchev–Trinajstić information content (AvgIpc) is 2.98.